The van der Waals surface area contributed by atoms with Gasteiger partial charge in [0.05, 0.1) is 32.9 Å². The number of nitriles is 1. The van der Waals surface area contributed by atoms with Gasteiger partial charge in [-0.2, -0.15) is 18.4 Å². The molecule has 2 aromatic rings. The molecule has 0 saturated carbocycles. The van der Waals surface area contributed by atoms with E-state index in [1.165, 1.54) is 12.1 Å². The molecule has 0 aromatic heterocycles. The summed E-state index contributed by atoms with van der Waals surface area (Å²) in [6, 6.07) is 9.50. The summed E-state index contributed by atoms with van der Waals surface area (Å²) in [7, 11) is 0. The fourth-order valence-corrected chi connectivity index (χ4v) is 2.22. The molecule has 0 aliphatic heterocycles. The van der Waals surface area contributed by atoms with Gasteiger partial charge < -0.3 is 5.32 Å². The molecule has 0 spiro atoms. The molecule has 0 atom stereocenters. The van der Waals surface area contributed by atoms with Crippen molar-refractivity contribution in [3.63, 3.8) is 0 Å². The number of nitrogens with zero attached hydrogens (tertiary/aromatic N) is 1. The molecule has 0 unspecified atom stereocenters. The number of benzene rings is 2. The van der Waals surface area contributed by atoms with E-state index in [2.05, 4.69) is 5.32 Å². The fourth-order valence-electron chi connectivity index (χ4n) is 1.72. The first-order valence-corrected chi connectivity index (χ1v) is 6.41. The van der Waals surface area contributed by atoms with Gasteiger partial charge >= 0.3 is 6.18 Å². The van der Waals surface area contributed by atoms with Crippen LogP contribution in [-0.4, -0.2) is 0 Å². The standard InChI is InChI=1S/C14H7Cl2F3N2/c15-11-2-1-3-12(16)13(11)21-9-4-5-10(14(17,18)19)8(6-9)7-20/h1-6,21H. The highest BCUT2D eigenvalue weighted by Gasteiger charge is 2.33. The minimum absolute atomic E-state index is 0.287. The van der Waals surface area contributed by atoms with Gasteiger partial charge in [-0.1, -0.05) is 29.3 Å². The zero-order valence-electron chi connectivity index (χ0n) is 10.3. The third-order valence-electron chi connectivity index (χ3n) is 2.68. The largest absolute Gasteiger partial charge is 0.417 e. The molecule has 2 nitrogen and oxygen atoms in total. The number of halogens is 5. The van der Waals surface area contributed by atoms with Crippen LogP contribution in [-0.2, 0) is 6.18 Å². The van der Waals surface area contributed by atoms with Crippen LogP contribution in [0.1, 0.15) is 11.1 Å². The van der Waals surface area contributed by atoms with Crippen LogP contribution in [0.3, 0.4) is 0 Å². The van der Waals surface area contributed by atoms with Crippen LogP contribution in [0.4, 0.5) is 24.5 Å². The molecule has 108 valence electrons. The molecule has 21 heavy (non-hydrogen) atoms. The Balaban J connectivity index is 2.42. The maximum absolute atomic E-state index is 12.7. The summed E-state index contributed by atoms with van der Waals surface area (Å²) in [5.41, 5.74) is -0.810. The molecule has 2 aromatic carbocycles. The summed E-state index contributed by atoms with van der Waals surface area (Å²) in [5.74, 6) is 0. The Morgan fingerprint density at radius 1 is 1.05 bits per heavy atom. The van der Waals surface area contributed by atoms with Crippen LogP contribution in [0.2, 0.25) is 10.0 Å². The lowest BCUT2D eigenvalue weighted by molar-refractivity contribution is -0.137. The zero-order valence-corrected chi connectivity index (χ0v) is 11.8. The smallest absolute Gasteiger partial charge is 0.353 e. The first-order chi connectivity index (χ1) is 9.82. The van der Waals surface area contributed by atoms with Crippen LogP contribution in [0, 0.1) is 11.3 Å². The molecule has 2 rings (SSSR count). The Hall–Kier alpha value is -1.90. The molecule has 0 fully saturated rings. The molecule has 0 bridgehead atoms. The SMILES string of the molecule is N#Cc1cc(Nc2c(Cl)cccc2Cl)ccc1C(F)(F)F. The zero-order chi connectivity index (χ0) is 15.6. The quantitative estimate of drug-likeness (QED) is 0.774. The summed E-state index contributed by atoms with van der Waals surface area (Å²) < 4.78 is 38.1. The second-order valence-electron chi connectivity index (χ2n) is 4.09. The number of rotatable bonds is 2. The number of nitrogens with one attached hydrogen (secondary N) is 1. The molecular formula is C14H7Cl2F3N2. The Morgan fingerprint density at radius 2 is 1.67 bits per heavy atom. The van der Waals surface area contributed by atoms with Crippen molar-refractivity contribution in [2.24, 2.45) is 0 Å². The molecule has 0 amide bonds. The summed E-state index contributed by atoms with van der Waals surface area (Å²) in [6.45, 7) is 0. The number of hydrogen-bond donors (Lipinski definition) is 1. The van der Waals surface area contributed by atoms with E-state index >= 15 is 0 Å². The van der Waals surface area contributed by atoms with Crippen LogP contribution >= 0.6 is 23.2 Å². The summed E-state index contributed by atoms with van der Waals surface area (Å²) in [5, 5.41) is 12.3. The lowest BCUT2D eigenvalue weighted by atomic mass is 10.1. The number of alkyl halides is 3. The van der Waals surface area contributed by atoms with Gasteiger partial charge in [0.2, 0.25) is 0 Å². The van der Waals surface area contributed by atoms with E-state index in [0.29, 0.717) is 15.7 Å². The highest BCUT2D eigenvalue weighted by atomic mass is 35.5. The van der Waals surface area contributed by atoms with E-state index in [4.69, 9.17) is 28.5 Å². The number of hydrogen-bond acceptors (Lipinski definition) is 2. The summed E-state index contributed by atoms with van der Waals surface area (Å²) in [6.07, 6.45) is -4.58. The van der Waals surface area contributed by atoms with Gasteiger partial charge in [0.1, 0.15) is 0 Å². The fraction of sp³-hybridized carbons (Fsp3) is 0.0714. The topological polar surface area (TPSA) is 35.8 Å². The average molecular weight is 331 g/mol. The van der Waals surface area contributed by atoms with Crippen molar-refractivity contribution in [2.75, 3.05) is 5.32 Å². The lowest BCUT2D eigenvalue weighted by Gasteiger charge is -2.13. The minimum Gasteiger partial charge on any atom is -0.353 e. The number of para-hydroxylation sites is 1. The molecule has 1 N–H and O–H groups in total. The van der Waals surface area contributed by atoms with Crippen molar-refractivity contribution in [2.45, 2.75) is 6.18 Å². The Bertz CT molecular complexity index is 701. The van der Waals surface area contributed by atoms with E-state index in [1.54, 1.807) is 18.2 Å². The van der Waals surface area contributed by atoms with Crippen molar-refractivity contribution in [1.82, 2.24) is 0 Å². The van der Waals surface area contributed by atoms with E-state index in [0.717, 1.165) is 12.1 Å². The molecule has 0 aliphatic carbocycles. The first-order valence-electron chi connectivity index (χ1n) is 5.65. The monoisotopic (exact) mass is 330 g/mol. The molecule has 0 heterocycles. The summed E-state index contributed by atoms with van der Waals surface area (Å²) >= 11 is 11.9. The molecule has 0 saturated heterocycles. The van der Waals surface area contributed by atoms with Crippen LogP contribution in [0.25, 0.3) is 0 Å². The second kappa shape index (κ2) is 5.84. The van der Waals surface area contributed by atoms with E-state index < -0.39 is 17.3 Å². The Labute approximate surface area is 128 Å². The second-order valence-corrected chi connectivity index (χ2v) is 4.91. The van der Waals surface area contributed by atoms with Gasteiger partial charge in [-0.05, 0) is 30.3 Å². The molecular weight excluding hydrogens is 324 g/mol. The van der Waals surface area contributed by atoms with E-state index in [1.807, 2.05) is 0 Å². The first kappa shape index (κ1) is 15.5. The van der Waals surface area contributed by atoms with Gasteiger partial charge in [-0.15, -0.1) is 0 Å². The lowest BCUT2D eigenvalue weighted by Crippen LogP contribution is -2.08. The third-order valence-corrected chi connectivity index (χ3v) is 3.31. The Morgan fingerprint density at radius 3 is 2.19 bits per heavy atom. The third kappa shape index (κ3) is 3.41. The van der Waals surface area contributed by atoms with Gasteiger partial charge in [-0.25, -0.2) is 0 Å². The van der Waals surface area contributed by atoms with Gasteiger partial charge in [0.25, 0.3) is 0 Å². The van der Waals surface area contributed by atoms with Gasteiger partial charge in [0, 0.05) is 5.69 Å². The average Bonchev–Trinajstić information content (AvgIpc) is 2.41. The van der Waals surface area contributed by atoms with Crippen molar-refractivity contribution >= 4 is 34.6 Å². The molecule has 0 aliphatic rings. The van der Waals surface area contributed by atoms with E-state index in [-0.39, 0.29) is 5.69 Å². The van der Waals surface area contributed by atoms with Gasteiger partial charge in [-0.3, -0.25) is 0 Å². The maximum atomic E-state index is 12.7. The van der Waals surface area contributed by atoms with Crippen molar-refractivity contribution in [3.05, 3.63) is 57.6 Å². The highest BCUT2D eigenvalue weighted by Crippen LogP contribution is 2.36. The van der Waals surface area contributed by atoms with Crippen molar-refractivity contribution < 1.29 is 13.2 Å². The van der Waals surface area contributed by atoms with Gasteiger partial charge in [0.15, 0.2) is 0 Å². The van der Waals surface area contributed by atoms with E-state index in [9.17, 15) is 13.2 Å². The van der Waals surface area contributed by atoms with Crippen LogP contribution in [0.15, 0.2) is 36.4 Å². The predicted octanol–water partition coefficient (Wildman–Crippen LogP) is 5.63. The predicted molar refractivity (Wildman–Crippen MR) is 75.9 cm³/mol. The molecule has 7 heteroatoms. The molecule has 0 radical (unpaired) electrons. The highest BCUT2D eigenvalue weighted by molar-refractivity contribution is 6.39. The van der Waals surface area contributed by atoms with Crippen molar-refractivity contribution in [3.8, 4) is 6.07 Å². The van der Waals surface area contributed by atoms with Crippen molar-refractivity contribution in [1.29, 1.82) is 5.26 Å². The summed E-state index contributed by atoms with van der Waals surface area (Å²) in [4.78, 5) is 0. The maximum Gasteiger partial charge on any atom is 0.417 e. The Kier molecular flexibility index (Phi) is 4.31. The minimum atomic E-state index is -4.58. The number of anilines is 2. The van der Waals surface area contributed by atoms with Crippen LogP contribution < -0.4 is 5.32 Å². The van der Waals surface area contributed by atoms with Crippen LogP contribution in [0.5, 0.6) is 0 Å². The normalized spacial score (nSPS) is 11.0.